The van der Waals surface area contributed by atoms with E-state index in [0.717, 1.165) is 33.4 Å². The van der Waals surface area contributed by atoms with Gasteiger partial charge in [-0.15, -0.1) is 0 Å². The maximum absolute atomic E-state index is 12.2. The minimum atomic E-state index is -0.851. The summed E-state index contributed by atoms with van der Waals surface area (Å²) < 4.78 is 14.8. The van der Waals surface area contributed by atoms with E-state index in [1.165, 1.54) is 0 Å². The summed E-state index contributed by atoms with van der Waals surface area (Å²) >= 11 is 12.5. The van der Waals surface area contributed by atoms with E-state index in [9.17, 15) is 14.7 Å². The number of aromatic nitrogens is 2. The molecule has 1 aliphatic heterocycles. The number of hydrogen-bond donors (Lipinski definition) is 3. The summed E-state index contributed by atoms with van der Waals surface area (Å²) in [7, 11) is 0. The third-order valence-electron chi connectivity index (χ3n) is 7.70. The molecule has 3 unspecified atom stereocenters. The number of nitrogens with zero attached hydrogens (tertiary/aromatic N) is 2. The first-order chi connectivity index (χ1) is 21.8. The van der Waals surface area contributed by atoms with Crippen LogP contribution in [0.3, 0.4) is 0 Å². The molecule has 0 radical (unpaired) electrons. The van der Waals surface area contributed by atoms with Crippen molar-refractivity contribution in [1.29, 1.82) is 0 Å². The number of unbranched alkanes of at least 4 members (excludes halogenated alkanes) is 1. The van der Waals surface area contributed by atoms with E-state index in [2.05, 4.69) is 10.3 Å². The fourth-order valence-electron chi connectivity index (χ4n) is 5.30. The van der Waals surface area contributed by atoms with Crippen LogP contribution < -0.4 is 5.32 Å². The molecule has 236 valence electrons. The fraction of sp³-hybridized carbons (Fsp3) is 0.324. The summed E-state index contributed by atoms with van der Waals surface area (Å²) in [6.07, 6.45) is 2.37. The van der Waals surface area contributed by atoms with Crippen molar-refractivity contribution >= 4 is 35.1 Å². The van der Waals surface area contributed by atoms with Gasteiger partial charge in [-0.25, -0.2) is 4.98 Å². The van der Waals surface area contributed by atoms with Gasteiger partial charge in [-0.3, -0.25) is 9.59 Å². The van der Waals surface area contributed by atoms with Crippen molar-refractivity contribution in [2.45, 2.75) is 70.3 Å². The second kappa shape index (κ2) is 15.5. The molecule has 4 aromatic rings. The number of nitrogens with one attached hydrogen (secondary N) is 1. The van der Waals surface area contributed by atoms with Crippen LogP contribution in [-0.2, 0) is 38.8 Å². The van der Waals surface area contributed by atoms with Crippen molar-refractivity contribution < 1.29 is 29.3 Å². The van der Waals surface area contributed by atoms with Crippen LogP contribution >= 0.6 is 23.2 Å². The van der Waals surface area contributed by atoms with Crippen molar-refractivity contribution in [1.82, 2.24) is 14.9 Å². The maximum atomic E-state index is 12.2. The molecule has 3 atom stereocenters. The number of ether oxygens (including phenoxy) is 2. The average Bonchev–Trinajstić information content (AvgIpc) is 3.38. The predicted octanol–water partition coefficient (Wildman–Crippen LogP) is 6.86. The first kappa shape index (κ1) is 32.7. The van der Waals surface area contributed by atoms with Crippen molar-refractivity contribution in [3.63, 3.8) is 0 Å². The number of imidazole rings is 1. The van der Waals surface area contributed by atoms with Gasteiger partial charge in [0.15, 0.2) is 11.4 Å². The molecule has 1 saturated heterocycles. The number of rotatable bonds is 13. The van der Waals surface area contributed by atoms with E-state index in [-0.39, 0.29) is 36.3 Å². The zero-order chi connectivity index (χ0) is 31.8. The Morgan fingerprint density at radius 1 is 0.911 bits per heavy atom. The van der Waals surface area contributed by atoms with Gasteiger partial charge in [0, 0.05) is 31.4 Å². The average molecular weight is 653 g/mol. The summed E-state index contributed by atoms with van der Waals surface area (Å²) in [5, 5.41) is 21.8. The normalized spacial score (nSPS) is 18.1. The third-order valence-corrected chi connectivity index (χ3v) is 8.47. The van der Waals surface area contributed by atoms with Gasteiger partial charge in [0.05, 0.1) is 31.7 Å². The van der Waals surface area contributed by atoms with Crippen molar-refractivity contribution in [2.75, 3.05) is 0 Å². The number of benzene rings is 3. The highest BCUT2D eigenvalue weighted by atomic mass is 35.5. The molecule has 2 heterocycles. The van der Waals surface area contributed by atoms with Crippen LogP contribution in [0.5, 0.6) is 0 Å². The molecule has 1 aliphatic rings. The smallest absolute Gasteiger partial charge is 0.303 e. The zero-order valence-corrected chi connectivity index (χ0v) is 26.1. The number of carbonyl (C=O) groups excluding carboxylic acids is 1. The first-order valence-electron chi connectivity index (χ1n) is 14.8. The molecule has 1 amide bonds. The molecule has 0 spiro atoms. The standard InChI is InChI=1S/C34H35Cl2N3O6/c35-32-33(36)39(21-38-32)19-28-17-29(24-13-11-22(20-40)12-14-24)45-34(44-28)27-8-4-7-26(16-27)25-6-3-5-23(15-25)18-37-30(41)9-1-2-10-31(42)43/h3-8,11-16,21,28-29,34,40H,1-2,9-10,17-20H2,(H,37,41)(H,42,43). The molecule has 45 heavy (non-hydrogen) atoms. The minimum Gasteiger partial charge on any atom is -0.481 e. The number of aliphatic carboxylic acids is 1. The van der Waals surface area contributed by atoms with Crippen LogP contribution in [0.15, 0.2) is 79.1 Å². The Morgan fingerprint density at radius 3 is 2.36 bits per heavy atom. The molecule has 3 N–H and O–H groups in total. The van der Waals surface area contributed by atoms with Crippen molar-refractivity contribution in [3.05, 3.63) is 112 Å². The number of halogens is 2. The third kappa shape index (κ3) is 8.93. The van der Waals surface area contributed by atoms with Gasteiger partial charge >= 0.3 is 5.97 Å². The Bertz CT molecular complexity index is 1610. The SMILES string of the molecule is O=C(O)CCCCC(=O)NCc1cccc(-c2cccc(C3OC(Cn4cnc(Cl)c4Cl)CC(c4ccc(CO)cc4)O3)c2)c1. The quantitative estimate of drug-likeness (QED) is 0.135. The molecular weight excluding hydrogens is 617 g/mol. The van der Waals surface area contributed by atoms with E-state index in [4.69, 9.17) is 37.8 Å². The summed E-state index contributed by atoms with van der Waals surface area (Å²) in [5.74, 6) is -0.954. The number of aliphatic hydroxyl groups excluding tert-OH is 1. The molecular formula is C34H35Cl2N3O6. The van der Waals surface area contributed by atoms with E-state index < -0.39 is 12.3 Å². The van der Waals surface area contributed by atoms with Gasteiger partial charge in [-0.1, -0.05) is 83.9 Å². The molecule has 0 bridgehead atoms. The number of aliphatic hydroxyl groups is 1. The van der Waals surface area contributed by atoms with Gasteiger partial charge < -0.3 is 29.6 Å². The largest absolute Gasteiger partial charge is 0.481 e. The topological polar surface area (TPSA) is 123 Å². The Labute approximate surface area is 271 Å². The molecule has 0 aliphatic carbocycles. The summed E-state index contributed by atoms with van der Waals surface area (Å²) in [6, 6.07) is 23.7. The van der Waals surface area contributed by atoms with E-state index in [1.54, 1.807) is 10.9 Å². The number of carbonyl (C=O) groups is 2. The highest BCUT2D eigenvalue weighted by Gasteiger charge is 2.33. The Hall–Kier alpha value is -3.73. The maximum Gasteiger partial charge on any atom is 0.303 e. The van der Waals surface area contributed by atoms with E-state index in [1.807, 2.05) is 72.8 Å². The number of amides is 1. The van der Waals surface area contributed by atoms with Gasteiger partial charge in [0.25, 0.3) is 0 Å². The van der Waals surface area contributed by atoms with Crippen LogP contribution in [-0.4, -0.2) is 37.7 Å². The highest BCUT2D eigenvalue weighted by molar-refractivity contribution is 6.40. The van der Waals surface area contributed by atoms with E-state index >= 15 is 0 Å². The highest BCUT2D eigenvalue weighted by Crippen LogP contribution is 2.39. The Balaban J connectivity index is 1.31. The molecule has 9 nitrogen and oxygen atoms in total. The molecule has 1 fully saturated rings. The lowest BCUT2D eigenvalue weighted by molar-refractivity contribution is -0.252. The second-order valence-corrected chi connectivity index (χ2v) is 11.7. The minimum absolute atomic E-state index is 0.0327. The lowest BCUT2D eigenvalue weighted by Gasteiger charge is -2.36. The predicted molar refractivity (Wildman–Crippen MR) is 170 cm³/mol. The van der Waals surface area contributed by atoms with Gasteiger partial charge in [-0.2, -0.15) is 0 Å². The van der Waals surface area contributed by atoms with Crippen molar-refractivity contribution in [3.8, 4) is 11.1 Å². The number of carboxylic acid groups (broad SMARTS) is 1. The zero-order valence-electron chi connectivity index (χ0n) is 24.6. The number of hydrogen-bond acceptors (Lipinski definition) is 6. The van der Waals surface area contributed by atoms with Gasteiger partial charge in [0.2, 0.25) is 5.91 Å². The van der Waals surface area contributed by atoms with Crippen LogP contribution in [0.25, 0.3) is 11.1 Å². The lowest BCUT2D eigenvalue weighted by atomic mass is 9.98. The monoisotopic (exact) mass is 651 g/mol. The van der Waals surface area contributed by atoms with Crippen LogP contribution in [0.4, 0.5) is 0 Å². The molecule has 11 heteroatoms. The van der Waals surface area contributed by atoms with Crippen molar-refractivity contribution in [2.24, 2.45) is 0 Å². The molecule has 1 aromatic heterocycles. The van der Waals surface area contributed by atoms with Crippen LogP contribution in [0.2, 0.25) is 10.3 Å². The fourth-order valence-corrected chi connectivity index (χ4v) is 5.61. The molecule has 0 saturated carbocycles. The first-order valence-corrected chi connectivity index (χ1v) is 15.6. The van der Waals surface area contributed by atoms with Gasteiger partial charge in [-0.05, 0) is 52.8 Å². The van der Waals surface area contributed by atoms with Crippen LogP contribution in [0.1, 0.15) is 66.8 Å². The van der Waals surface area contributed by atoms with Gasteiger partial charge in [0.1, 0.15) is 5.15 Å². The second-order valence-electron chi connectivity index (χ2n) is 11.0. The lowest BCUT2D eigenvalue weighted by Crippen LogP contribution is -2.32. The van der Waals surface area contributed by atoms with Crippen LogP contribution in [0, 0.1) is 0 Å². The Morgan fingerprint density at radius 2 is 1.64 bits per heavy atom. The number of carboxylic acids is 1. The summed E-state index contributed by atoms with van der Waals surface area (Å²) in [5.41, 5.74) is 5.55. The molecule has 3 aromatic carbocycles. The van der Waals surface area contributed by atoms with E-state index in [0.29, 0.717) is 43.9 Å². The molecule has 5 rings (SSSR count). The summed E-state index contributed by atoms with van der Waals surface area (Å²) in [4.78, 5) is 27.0. The Kier molecular flexibility index (Phi) is 11.3. The summed E-state index contributed by atoms with van der Waals surface area (Å²) in [6.45, 7) is 0.783.